The molecule has 1 aromatic heterocycles. The van der Waals surface area contributed by atoms with Crippen LogP contribution in [0.25, 0.3) is 0 Å². The molecule has 0 unspecified atom stereocenters. The van der Waals surface area contributed by atoms with Crippen LogP contribution in [0.3, 0.4) is 0 Å². The van der Waals surface area contributed by atoms with E-state index in [1.54, 1.807) is 0 Å². The molecule has 1 saturated carbocycles. The largest absolute Gasteiger partial charge is 0.393 e. The molecule has 2 heterocycles. The molecule has 16 heavy (non-hydrogen) atoms. The number of aliphatic hydroxyl groups is 1. The molecule has 1 aliphatic heterocycles. The Morgan fingerprint density at radius 3 is 3.00 bits per heavy atom. The van der Waals surface area contributed by atoms with Crippen LogP contribution < -0.4 is 4.90 Å². The fourth-order valence-corrected chi connectivity index (χ4v) is 3.08. The summed E-state index contributed by atoms with van der Waals surface area (Å²) < 4.78 is 0. The number of fused-ring (bicyclic) bond motifs is 2. The second-order valence-corrected chi connectivity index (χ2v) is 4.96. The van der Waals surface area contributed by atoms with Crippen molar-refractivity contribution < 1.29 is 5.11 Å². The molecule has 2 aliphatic rings. The summed E-state index contributed by atoms with van der Waals surface area (Å²) in [5, 5.41) is 9.75. The van der Waals surface area contributed by atoms with Crippen LogP contribution in [-0.2, 0) is 6.42 Å². The molecule has 1 aliphatic carbocycles. The van der Waals surface area contributed by atoms with E-state index in [2.05, 4.69) is 28.9 Å². The molecule has 3 nitrogen and oxygen atoms in total. The fraction of sp³-hybridized carbons (Fsp3) is 0.615. The minimum absolute atomic E-state index is 0.0614. The lowest BCUT2D eigenvalue weighted by atomic mass is 10.1. The van der Waals surface area contributed by atoms with Gasteiger partial charge < -0.3 is 10.0 Å². The Bertz CT molecular complexity index is 391. The van der Waals surface area contributed by atoms with E-state index in [0.29, 0.717) is 12.0 Å². The second-order valence-electron chi connectivity index (χ2n) is 4.96. The van der Waals surface area contributed by atoms with E-state index in [1.165, 1.54) is 5.69 Å². The van der Waals surface area contributed by atoms with Gasteiger partial charge in [-0.2, -0.15) is 0 Å². The molecule has 0 aromatic carbocycles. The first-order valence-corrected chi connectivity index (χ1v) is 6.17. The van der Waals surface area contributed by atoms with Gasteiger partial charge in [-0.3, -0.25) is 4.98 Å². The van der Waals surface area contributed by atoms with Gasteiger partial charge in [0.25, 0.3) is 0 Å². The number of hydrogen-bond donors (Lipinski definition) is 1. The first kappa shape index (κ1) is 10.1. The lowest BCUT2D eigenvalue weighted by molar-refractivity contribution is 0.127. The monoisotopic (exact) mass is 218 g/mol. The van der Waals surface area contributed by atoms with Crippen molar-refractivity contribution >= 4 is 5.69 Å². The molecule has 0 amide bonds. The van der Waals surface area contributed by atoms with Crippen LogP contribution in [0.5, 0.6) is 0 Å². The number of aromatic nitrogens is 1. The van der Waals surface area contributed by atoms with Crippen molar-refractivity contribution in [1.82, 2.24) is 4.98 Å². The van der Waals surface area contributed by atoms with Gasteiger partial charge in [0.2, 0.25) is 0 Å². The van der Waals surface area contributed by atoms with Crippen molar-refractivity contribution in [2.75, 3.05) is 11.4 Å². The molecule has 86 valence electrons. The molecule has 3 atom stereocenters. The van der Waals surface area contributed by atoms with Crippen molar-refractivity contribution in [3.8, 4) is 0 Å². The van der Waals surface area contributed by atoms with Crippen molar-refractivity contribution in [1.29, 1.82) is 0 Å². The molecule has 3 heteroatoms. The molecular formula is C13H18N2O. The molecular weight excluding hydrogens is 200 g/mol. The standard InChI is InChI=1S/C13H18N2O/c1-2-10-6-11(3-4-14-10)15-8-9-5-12(15)7-13(9)16/h3-4,6,9,12-13,16H,2,5,7-8H2,1H3/t9-,12-,13+/m0/s1. The lowest BCUT2D eigenvalue weighted by Crippen LogP contribution is -2.37. The third-order valence-electron chi connectivity index (χ3n) is 4.00. The average molecular weight is 218 g/mol. The van der Waals surface area contributed by atoms with E-state index in [4.69, 9.17) is 0 Å². The summed E-state index contributed by atoms with van der Waals surface area (Å²) in [7, 11) is 0. The summed E-state index contributed by atoms with van der Waals surface area (Å²) in [5.41, 5.74) is 2.44. The maximum absolute atomic E-state index is 9.75. The van der Waals surface area contributed by atoms with Crippen molar-refractivity contribution in [3.05, 3.63) is 24.0 Å². The Balaban J connectivity index is 1.83. The average Bonchev–Trinajstić information content (AvgIpc) is 2.88. The van der Waals surface area contributed by atoms with Gasteiger partial charge in [0.05, 0.1) is 6.10 Å². The zero-order valence-corrected chi connectivity index (χ0v) is 9.63. The minimum Gasteiger partial charge on any atom is -0.393 e. The number of piperidine rings is 1. The van der Waals surface area contributed by atoms with Crippen molar-refractivity contribution in [2.45, 2.75) is 38.3 Å². The van der Waals surface area contributed by atoms with Crippen LogP contribution in [-0.4, -0.2) is 28.8 Å². The minimum atomic E-state index is -0.0614. The fourth-order valence-electron chi connectivity index (χ4n) is 3.08. The van der Waals surface area contributed by atoms with Crippen LogP contribution in [0, 0.1) is 5.92 Å². The molecule has 1 saturated heterocycles. The topological polar surface area (TPSA) is 36.4 Å². The van der Waals surface area contributed by atoms with E-state index in [0.717, 1.165) is 31.5 Å². The lowest BCUT2D eigenvalue weighted by Gasteiger charge is -2.31. The summed E-state index contributed by atoms with van der Waals surface area (Å²) in [4.78, 5) is 6.77. The van der Waals surface area contributed by atoms with Gasteiger partial charge in [0.15, 0.2) is 0 Å². The Morgan fingerprint density at radius 2 is 2.38 bits per heavy atom. The molecule has 2 bridgehead atoms. The van der Waals surface area contributed by atoms with E-state index in [1.807, 2.05) is 6.20 Å². The second kappa shape index (κ2) is 3.74. The van der Waals surface area contributed by atoms with Crippen LogP contribution in [0.15, 0.2) is 18.3 Å². The maximum atomic E-state index is 9.75. The van der Waals surface area contributed by atoms with E-state index in [9.17, 15) is 5.11 Å². The summed E-state index contributed by atoms with van der Waals surface area (Å²) in [6.07, 6.45) is 4.92. The van der Waals surface area contributed by atoms with E-state index < -0.39 is 0 Å². The van der Waals surface area contributed by atoms with E-state index in [-0.39, 0.29) is 6.10 Å². The highest BCUT2D eigenvalue weighted by atomic mass is 16.3. The van der Waals surface area contributed by atoms with Gasteiger partial charge in [0, 0.05) is 36.1 Å². The molecule has 2 fully saturated rings. The highest BCUT2D eigenvalue weighted by Gasteiger charge is 2.43. The third kappa shape index (κ3) is 1.50. The Labute approximate surface area is 96.1 Å². The van der Waals surface area contributed by atoms with Crippen LogP contribution in [0.1, 0.15) is 25.5 Å². The normalized spacial score (nSPS) is 32.4. The van der Waals surface area contributed by atoms with Gasteiger partial charge in [-0.05, 0) is 31.4 Å². The number of pyridine rings is 1. The first-order chi connectivity index (χ1) is 7.78. The molecule has 0 radical (unpaired) electrons. The predicted octanol–water partition coefficient (Wildman–Crippen LogP) is 1.60. The summed E-state index contributed by atoms with van der Waals surface area (Å²) in [6, 6.07) is 4.83. The molecule has 3 rings (SSSR count). The van der Waals surface area contributed by atoms with E-state index >= 15 is 0 Å². The number of rotatable bonds is 2. The smallest absolute Gasteiger partial charge is 0.0605 e. The molecule has 1 aromatic rings. The van der Waals surface area contributed by atoms with Crippen molar-refractivity contribution in [3.63, 3.8) is 0 Å². The Kier molecular flexibility index (Phi) is 2.36. The number of aliphatic hydroxyl groups excluding tert-OH is 1. The van der Waals surface area contributed by atoms with Gasteiger partial charge in [-0.1, -0.05) is 6.92 Å². The van der Waals surface area contributed by atoms with Gasteiger partial charge in [-0.25, -0.2) is 0 Å². The van der Waals surface area contributed by atoms with Crippen LogP contribution in [0.2, 0.25) is 0 Å². The van der Waals surface area contributed by atoms with Crippen molar-refractivity contribution in [2.24, 2.45) is 5.92 Å². The zero-order chi connectivity index (χ0) is 11.1. The highest BCUT2D eigenvalue weighted by Crippen LogP contribution is 2.40. The zero-order valence-electron chi connectivity index (χ0n) is 9.63. The Morgan fingerprint density at radius 1 is 1.50 bits per heavy atom. The highest BCUT2D eigenvalue weighted by molar-refractivity contribution is 5.49. The predicted molar refractivity (Wildman–Crippen MR) is 63.5 cm³/mol. The molecule has 0 spiro atoms. The number of nitrogens with zero attached hydrogens (tertiary/aromatic N) is 2. The number of anilines is 1. The quantitative estimate of drug-likeness (QED) is 0.819. The maximum Gasteiger partial charge on any atom is 0.0605 e. The first-order valence-electron chi connectivity index (χ1n) is 6.17. The third-order valence-corrected chi connectivity index (χ3v) is 4.00. The number of hydrogen-bond acceptors (Lipinski definition) is 3. The van der Waals surface area contributed by atoms with Gasteiger partial charge in [-0.15, -0.1) is 0 Å². The SMILES string of the molecule is CCc1cc(N2C[C@@H]3C[C@H]2C[C@H]3O)ccn1. The van der Waals surface area contributed by atoms with Crippen LogP contribution >= 0.6 is 0 Å². The number of aryl methyl sites for hydroxylation is 1. The Hall–Kier alpha value is -1.09. The summed E-state index contributed by atoms with van der Waals surface area (Å²) in [5.74, 6) is 0.489. The van der Waals surface area contributed by atoms with Gasteiger partial charge in [0.1, 0.15) is 0 Å². The molecule has 1 N–H and O–H groups in total. The summed E-state index contributed by atoms with van der Waals surface area (Å²) in [6.45, 7) is 3.14. The van der Waals surface area contributed by atoms with Crippen LogP contribution in [0.4, 0.5) is 5.69 Å². The summed E-state index contributed by atoms with van der Waals surface area (Å²) >= 11 is 0. The van der Waals surface area contributed by atoms with Gasteiger partial charge >= 0.3 is 0 Å².